The highest BCUT2D eigenvalue weighted by Crippen LogP contribution is 1.52. The molecule has 0 radical (unpaired) electrons. The molecule has 0 fully saturated rings. The molecule has 0 amide bonds. The third kappa shape index (κ3) is 2270. The number of hydrogen-bond acceptors (Lipinski definition) is 0. The summed E-state index contributed by atoms with van der Waals surface area (Å²) in [6.07, 6.45) is 3.53. The van der Waals surface area contributed by atoms with E-state index in [1.165, 1.54) is 0 Å². The molecule has 0 nitrogen and oxygen atoms in total. The summed E-state index contributed by atoms with van der Waals surface area (Å²) < 4.78 is 10.1. The van der Waals surface area contributed by atoms with E-state index in [2.05, 4.69) is 19.7 Å². The van der Waals surface area contributed by atoms with Gasteiger partial charge in [0.05, 0.1) is 6.33 Å². The van der Waals surface area contributed by atoms with Gasteiger partial charge >= 0.3 is 0 Å². The van der Waals surface area contributed by atoms with Crippen LogP contribution in [0.5, 0.6) is 0 Å². The zero-order chi connectivity index (χ0) is 6.12. The minimum atomic E-state index is 0.250. The van der Waals surface area contributed by atoms with Crippen LogP contribution in [0.2, 0.25) is 0 Å². The molecule has 0 aromatic rings. The Bertz CT molecular complexity index is 49.2. The first-order valence-electron chi connectivity index (χ1n) is 1.78. The normalized spacial score (nSPS) is 4.71. The van der Waals surface area contributed by atoms with Crippen LogP contribution in [0.15, 0.2) is 38.2 Å². The van der Waals surface area contributed by atoms with Crippen molar-refractivity contribution in [2.24, 2.45) is 0 Å². The van der Waals surface area contributed by atoms with Crippen molar-refractivity contribution in [3.8, 4) is 0 Å². The van der Waals surface area contributed by atoms with Crippen molar-refractivity contribution in [3.05, 3.63) is 38.2 Å². The lowest BCUT2D eigenvalue weighted by Gasteiger charge is -1.44. The van der Waals surface area contributed by atoms with Crippen LogP contribution in [-0.2, 0) is 0 Å². The monoisotopic (exact) mass is 100 g/mol. The maximum atomic E-state index is 10.1. The molecule has 0 aliphatic heterocycles. The molecule has 0 heterocycles. The molecule has 0 rings (SSSR count). The summed E-state index contributed by atoms with van der Waals surface area (Å²) in [5.41, 5.74) is 0. The fourth-order valence-electron chi connectivity index (χ4n) is 0. The van der Waals surface area contributed by atoms with Crippen LogP contribution in [0.25, 0.3) is 0 Å². The summed E-state index contributed by atoms with van der Waals surface area (Å²) in [5.74, 6) is 0. The second kappa shape index (κ2) is 19.2. The second-order valence-electron chi connectivity index (χ2n) is 0.626. The van der Waals surface area contributed by atoms with Crippen molar-refractivity contribution in [2.45, 2.75) is 0 Å². The maximum Gasteiger partial charge on any atom is 0.0795 e. The number of halogens is 1. The van der Waals surface area contributed by atoms with E-state index in [4.69, 9.17) is 0 Å². The van der Waals surface area contributed by atoms with Crippen LogP contribution >= 0.6 is 0 Å². The fourth-order valence-corrected chi connectivity index (χ4v) is 0. The lowest BCUT2D eigenvalue weighted by atomic mass is 10.6. The van der Waals surface area contributed by atoms with E-state index in [9.17, 15) is 4.39 Å². The third-order valence-electron chi connectivity index (χ3n) is 0.167. The van der Waals surface area contributed by atoms with E-state index >= 15 is 0 Å². The standard InChI is InChI=1S/C4H6.C2H3F/c1-3-4-2;1-2-3/h3-4H,1-2H2;2H,1H2. The zero-order valence-electron chi connectivity index (χ0n) is 4.23. The number of hydrogen-bond donors (Lipinski definition) is 0. The molecule has 0 spiro atoms. The van der Waals surface area contributed by atoms with Crippen LogP contribution < -0.4 is 0 Å². The number of allylic oxidation sites excluding steroid dienone is 2. The summed E-state index contributed by atoms with van der Waals surface area (Å²) >= 11 is 0. The first-order chi connectivity index (χ1) is 3.33. The topological polar surface area (TPSA) is 0 Å². The van der Waals surface area contributed by atoms with Gasteiger partial charge in [0, 0.05) is 0 Å². The Kier molecular flexibility index (Phi) is 26.0. The highest BCUT2D eigenvalue weighted by molar-refractivity contribution is 4.88. The van der Waals surface area contributed by atoms with Gasteiger partial charge in [-0.05, 0) is 0 Å². The summed E-state index contributed by atoms with van der Waals surface area (Å²) in [6, 6.07) is 0. The van der Waals surface area contributed by atoms with Gasteiger partial charge in [-0.3, -0.25) is 0 Å². The molecule has 0 saturated carbocycles. The van der Waals surface area contributed by atoms with Gasteiger partial charge in [-0.15, -0.1) is 0 Å². The van der Waals surface area contributed by atoms with Gasteiger partial charge in [-0.1, -0.05) is 31.9 Å². The zero-order valence-corrected chi connectivity index (χ0v) is 4.23. The molecule has 0 aliphatic rings. The fraction of sp³-hybridized carbons (Fsp3) is 0. The van der Waals surface area contributed by atoms with Gasteiger partial charge in [0.25, 0.3) is 0 Å². The van der Waals surface area contributed by atoms with Crippen molar-refractivity contribution >= 4 is 0 Å². The SMILES string of the molecule is C=CC=C.C=CF. The smallest absolute Gasteiger partial charge is 0.0795 e. The average Bonchev–Trinajstić information content (AvgIpc) is 1.69. The van der Waals surface area contributed by atoms with E-state index in [1.54, 1.807) is 12.2 Å². The molecular formula is C6H9F. The van der Waals surface area contributed by atoms with Gasteiger partial charge < -0.3 is 0 Å². The highest BCUT2D eigenvalue weighted by atomic mass is 19.1. The molecule has 0 saturated heterocycles. The Morgan fingerprint density at radius 2 is 1.14 bits per heavy atom. The van der Waals surface area contributed by atoms with E-state index in [-0.39, 0.29) is 6.33 Å². The predicted molar refractivity (Wildman–Crippen MR) is 31.7 cm³/mol. The average molecular weight is 100 g/mol. The molecule has 40 valence electrons. The largest absolute Gasteiger partial charge is 0.216 e. The van der Waals surface area contributed by atoms with Crippen LogP contribution in [0, 0.1) is 0 Å². The van der Waals surface area contributed by atoms with Crippen molar-refractivity contribution < 1.29 is 4.39 Å². The minimum Gasteiger partial charge on any atom is -0.216 e. The van der Waals surface area contributed by atoms with Crippen molar-refractivity contribution in [1.29, 1.82) is 0 Å². The second-order valence-corrected chi connectivity index (χ2v) is 0.626. The summed E-state index contributed by atoms with van der Waals surface area (Å²) in [5, 5.41) is 0. The Labute approximate surface area is 43.7 Å². The molecular weight excluding hydrogens is 91.1 g/mol. The Morgan fingerprint density at radius 3 is 1.14 bits per heavy atom. The quantitative estimate of drug-likeness (QED) is 0.444. The van der Waals surface area contributed by atoms with Gasteiger partial charge in [0.1, 0.15) is 0 Å². The van der Waals surface area contributed by atoms with Gasteiger partial charge in [0.2, 0.25) is 0 Å². The van der Waals surface area contributed by atoms with Crippen molar-refractivity contribution in [1.82, 2.24) is 0 Å². The predicted octanol–water partition coefficient (Wildman–Crippen LogP) is 2.46. The van der Waals surface area contributed by atoms with E-state index < -0.39 is 0 Å². The molecule has 0 N–H and O–H groups in total. The molecule has 0 aromatic carbocycles. The number of rotatable bonds is 1. The molecule has 0 atom stereocenters. The summed E-state index contributed by atoms with van der Waals surface area (Å²) in [6.45, 7) is 9.42. The molecule has 0 bridgehead atoms. The van der Waals surface area contributed by atoms with E-state index in [0.717, 1.165) is 0 Å². The first-order valence-corrected chi connectivity index (χ1v) is 1.78. The van der Waals surface area contributed by atoms with Crippen molar-refractivity contribution in [2.75, 3.05) is 0 Å². The van der Waals surface area contributed by atoms with Gasteiger partial charge in [-0.2, -0.15) is 0 Å². The third-order valence-corrected chi connectivity index (χ3v) is 0.167. The van der Waals surface area contributed by atoms with Crippen LogP contribution in [0.4, 0.5) is 4.39 Å². The minimum absolute atomic E-state index is 0.250. The van der Waals surface area contributed by atoms with Crippen molar-refractivity contribution in [3.63, 3.8) is 0 Å². The summed E-state index contributed by atoms with van der Waals surface area (Å²) in [7, 11) is 0. The van der Waals surface area contributed by atoms with Gasteiger partial charge in [0.15, 0.2) is 0 Å². The molecule has 7 heavy (non-hydrogen) atoms. The maximum absolute atomic E-state index is 10.1. The Hall–Kier alpha value is -0.850. The highest BCUT2D eigenvalue weighted by Gasteiger charge is 1.29. The summed E-state index contributed by atoms with van der Waals surface area (Å²) in [4.78, 5) is 0. The van der Waals surface area contributed by atoms with E-state index in [1.807, 2.05) is 0 Å². The molecule has 0 unspecified atom stereocenters. The molecule has 1 heteroatoms. The van der Waals surface area contributed by atoms with E-state index in [0.29, 0.717) is 0 Å². The lowest BCUT2D eigenvalue weighted by Crippen LogP contribution is -1.21. The molecule has 0 aromatic heterocycles. The lowest BCUT2D eigenvalue weighted by molar-refractivity contribution is 0.725. The van der Waals surface area contributed by atoms with Gasteiger partial charge in [-0.25, -0.2) is 4.39 Å². The van der Waals surface area contributed by atoms with Crippen LogP contribution in [-0.4, -0.2) is 0 Å². The Balaban J connectivity index is 0. The van der Waals surface area contributed by atoms with Crippen LogP contribution in [0.3, 0.4) is 0 Å². The molecule has 0 aliphatic carbocycles. The van der Waals surface area contributed by atoms with Crippen LogP contribution in [0.1, 0.15) is 0 Å². The Morgan fingerprint density at radius 1 is 1.00 bits per heavy atom. The first kappa shape index (κ1) is 9.47.